The number of rotatable bonds is 8. The fraction of sp³-hybridized carbons (Fsp3) is 0. The van der Waals surface area contributed by atoms with Crippen molar-refractivity contribution in [2.45, 2.75) is 19.6 Å². The van der Waals surface area contributed by atoms with Crippen molar-refractivity contribution < 1.29 is 0 Å². The molecule has 61 heavy (non-hydrogen) atoms. The second kappa shape index (κ2) is 16.9. The van der Waals surface area contributed by atoms with E-state index in [1.165, 1.54) is 43.8 Å². The lowest BCUT2D eigenvalue weighted by atomic mass is 9.86. The Labute approximate surface area is 355 Å². The first-order valence-corrected chi connectivity index (χ1v) is 20.7. The summed E-state index contributed by atoms with van der Waals surface area (Å²) in [5.41, 5.74) is 6.05. The summed E-state index contributed by atoms with van der Waals surface area (Å²) in [6, 6.07) is 72.7. The van der Waals surface area contributed by atoms with Crippen LogP contribution in [-0.4, -0.2) is 0 Å². The van der Waals surface area contributed by atoms with Gasteiger partial charge in [0.15, 0.2) is 0 Å². The third-order valence-electron chi connectivity index (χ3n) is 10.6. The minimum absolute atomic E-state index is 0.135. The Hall–Kier alpha value is -8.95. The molecule has 8 aromatic carbocycles. The molecule has 0 aliphatic carbocycles. The van der Waals surface area contributed by atoms with Gasteiger partial charge in [-0.05, 0) is 124 Å². The standard InChI is InChI=1S/C54H30N6S/c55-31-37-24-45(33-57)53(46(25-37)34-58)43-28-42(29-44(30-43)54-47(35-59)26-38(32-56)27-48(54)36-60)41-18-16-39(17-19-41)40-20-22-52(23-21-40)61(49-10-4-1-5-11-49,50-12-6-2-7-13-50)51-14-8-3-9-15-51/h1-30H. The maximum atomic E-state index is 10.2. The van der Waals surface area contributed by atoms with Gasteiger partial charge in [-0.3, -0.25) is 0 Å². The average Bonchev–Trinajstić information content (AvgIpc) is 3.34. The highest BCUT2D eigenvalue weighted by Crippen LogP contribution is 2.73. The molecule has 6 nitrogen and oxygen atoms in total. The summed E-state index contributed by atoms with van der Waals surface area (Å²) in [6.45, 7) is 0. The van der Waals surface area contributed by atoms with Gasteiger partial charge in [-0.25, -0.2) is 0 Å². The van der Waals surface area contributed by atoms with Gasteiger partial charge in [0.2, 0.25) is 0 Å². The maximum absolute atomic E-state index is 10.2. The highest BCUT2D eigenvalue weighted by molar-refractivity contribution is 8.34. The van der Waals surface area contributed by atoms with E-state index in [4.69, 9.17) is 0 Å². The maximum Gasteiger partial charge on any atom is 0.0999 e. The molecule has 0 aliphatic heterocycles. The summed E-state index contributed by atoms with van der Waals surface area (Å²) in [6.07, 6.45) is 0. The molecule has 0 spiro atoms. The Kier molecular flexibility index (Phi) is 10.8. The minimum atomic E-state index is -1.85. The van der Waals surface area contributed by atoms with Gasteiger partial charge in [-0.2, -0.15) is 31.6 Å². The summed E-state index contributed by atoms with van der Waals surface area (Å²) < 4.78 is 0. The largest absolute Gasteiger partial charge is 0.192 e. The zero-order chi connectivity index (χ0) is 42.3. The van der Waals surface area contributed by atoms with Gasteiger partial charge < -0.3 is 0 Å². The van der Waals surface area contributed by atoms with E-state index in [-0.39, 0.29) is 33.4 Å². The summed E-state index contributed by atoms with van der Waals surface area (Å²) in [5, 5.41) is 60.1. The van der Waals surface area contributed by atoms with Crippen molar-refractivity contribution in [3.63, 3.8) is 0 Å². The third-order valence-corrected chi connectivity index (χ3v) is 14.5. The molecule has 0 atom stereocenters. The molecule has 0 aromatic heterocycles. The second-order valence-corrected chi connectivity index (χ2v) is 17.1. The van der Waals surface area contributed by atoms with Gasteiger partial charge in [0, 0.05) is 30.7 Å². The fourth-order valence-corrected chi connectivity index (χ4v) is 11.7. The van der Waals surface area contributed by atoms with Gasteiger partial charge in [0.1, 0.15) is 0 Å². The summed E-state index contributed by atoms with van der Waals surface area (Å²) in [7, 11) is -1.85. The molecule has 0 saturated heterocycles. The Morgan fingerprint density at radius 2 is 0.541 bits per heavy atom. The van der Waals surface area contributed by atoms with Crippen molar-refractivity contribution in [1.29, 1.82) is 31.6 Å². The zero-order valence-corrected chi connectivity index (χ0v) is 33.2. The van der Waals surface area contributed by atoms with Crippen molar-refractivity contribution >= 4 is 10.0 Å². The predicted molar refractivity (Wildman–Crippen MR) is 236 cm³/mol. The lowest BCUT2D eigenvalue weighted by molar-refractivity contribution is 1.24. The molecule has 0 fully saturated rings. The Morgan fingerprint density at radius 3 is 0.852 bits per heavy atom. The van der Waals surface area contributed by atoms with E-state index < -0.39 is 10.0 Å². The van der Waals surface area contributed by atoms with E-state index in [1.807, 2.05) is 66.7 Å². The minimum Gasteiger partial charge on any atom is -0.192 e. The number of hydrogen-bond donors (Lipinski definition) is 0. The van der Waals surface area contributed by atoms with Gasteiger partial charge in [-0.1, -0.05) is 91.0 Å². The molecule has 0 N–H and O–H groups in total. The first-order chi connectivity index (χ1) is 29.9. The lowest BCUT2D eigenvalue weighted by Gasteiger charge is -2.42. The molecule has 0 unspecified atom stereocenters. The summed E-state index contributed by atoms with van der Waals surface area (Å²) >= 11 is 0. The highest BCUT2D eigenvalue weighted by atomic mass is 32.3. The first kappa shape index (κ1) is 38.9. The van der Waals surface area contributed by atoms with Crippen LogP contribution < -0.4 is 0 Å². The Balaban J connectivity index is 1.26. The van der Waals surface area contributed by atoms with Crippen LogP contribution in [0, 0.1) is 68.0 Å². The van der Waals surface area contributed by atoms with Crippen molar-refractivity contribution in [1.82, 2.24) is 0 Å². The third kappa shape index (κ3) is 7.15. The molecule has 0 radical (unpaired) electrons. The van der Waals surface area contributed by atoms with E-state index in [2.05, 4.69) is 121 Å². The van der Waals surface area contributed by atoms with Gasteiger partial charge >= 0.3 is 0 Å². The Morgan fingerprint density at radius 1 is 0.262 bits per heavy atom. The van der Waals surface area contributed by atoms with Crippen molar-refractivity contribution in [2.24, 2.45) is 0 Å². The van der Waals surface area contributed by atoms with Crippen LogP contribution in [0.5, 0.6) is 0 Å². The molecule has 8 aromatic rings. The molecule has 282 valence electrons. The smallest absolute Gasteiger partial charge is 0.0999 e. The normalized spacial score (nSPS) is 10.8. The molecule has 7 heteroatoms. The number of benzene rings is 8. The molecular formula is C54H30N6S. The van der Waals surface area contributed by atoms with Crippen molar-refractivity contribution in [3.05, 3.63) is 215 Å². The van der Waals surface area contributed by atoms with E-state index >= 15 is 0 Å². The van der Waals surface area contributed by atoms with Gasteiger partial charge in [-0.15, -0.1) is 10.0 Å². The van der Waals surface area contributed by atoms with Gasteiger partial charge in [0.05, 0.1) is 69.8 Å². The molecular weight excluding hydrogens is 765 g/mol. The number of hydrogen-bond acceptors (Lipinski definition) is 6. The van der Waals surface area contributed by atoms with E-state index in [0.29, 0.717) is 27.8 Å². The lowest BCUT2D eigenvalue weighted by Crippen LogP contribution is -2.05. The Bertz CT molecular complexity index is 2950. The topological polar surface area (TPSA) is 143 Å². The van der Waals surface area contributed by atoms with E-state index in [9.17, 15) is 31.6 Å². The van der Waals surface area contributed by atoms with Crippen LogP contribution >= 0.6 is 10.0 Å². The predicted octanol–water partition coefficient (Wildman–Crippen LogP) is 12.9. The molecule has 8 rings (SSSR count). The molecule has 0 bridgehead atoms. The quantitative estimate of drug-likeness (QED) is 0.150. The van der Waals surface area contributed by atoms with Crippen LogP contribution in [0.15, 0.2) is 202 Å². The van der Waals surface area contributed by atoms with Crippen LogP contribution in [0.2, 0.25) is 0 Å². The molecule has 0 heterocycles. The van der Waals surface area contributed by atoms with Crippen molar-refractivity contribution in [2.75, 3.05) is 0 Å². The molecule has 0 amide bonds. The zero-order valence-electron chi connectivity index (χ0n) is 32.4. The second-order valence-electron chi connectivity index (χ2n) is 14.0. The van der Waals surface area contributed by atoms with Gasteiger partial charge in [0.25, 0.3) is 0 Å². The summed E-state index contributed by atoms with van der Waals surface area (Å²) in [5.74, 6) is 0. The summed E-state index contributed by atoms with van der Waals surface area (Å²) in [4.78, 5) is 4.91. The average molecular weight is 795 g/mol. The van der Waals surface area contributed by atoms with E-state index in [0.717, 1.165) is 16.7 Å². The monoisotopic (exact) mass is 794 g/mol. The van der Waals surface area contributed by atoms with E-state index in [1.54, 1.807) is 6.07 Å². The van der Waals surface area contributed by atoms with Crippen LogP contribution in [0.1, 0.15) is 33.4 Å². The highest BCUT2D eigenvalue weighted by Gasteiger charge is 2.33. The van der Waals surface area contributed by atoms with Crippen LogP contribution in [0.4, 0.5) is 0 Å². The molecule has 0 saturated carbocycles. The van der Waals surface area contributed by atoms with Crippen molar-refractivity contribution in [3.8, 4) is 80.9 Å². The SMILES string of the molecule is N#Cc1cc(C#N)c(-c2cc(-c3ccc(-c4ccc(S(c5ccccc5)(c5ccccc5)c5ccccc5)cc4)cc3)cc(-c3c(C#N)cc(C#N)cc3C#N)c2)c(C#N)c1. The van der Waals surface area contributed by atoms with Crippen LogP contribution in [0.3, 0.4) is 0 Å². The first-order valence-electron chi connectivity index (χ1n) is 19.1. The fourth-order valence-electron chi connectivity index (χ4n) is 7.87. The molecule has 0 aliphatic rings. The number of nitrogens with zero attached hydrogens (tertiary/aromatic N) is 6. The van der Waals surface area contributed by atoms with Crippen LogP contribution in [-0.2, 0) is 0 Å². The number of nitriles is 6. The van der Waals surface area contributed by atoms with Crippen LogP contribution in [0.25, 0.3) is 44.5 Å².